The number of rotatable bonds is 5. The van der Waals surface area contributed by atoms with Crippen LogP contribution in [0.2, 0.25) is 5.02 Å². The summed E-state index contributed by atoms with van der Waals surface area (Å²) in [5.41, 5.74) is 0.343. The lowest BCUT2D eigenvalue weighted by Crippen LogP contribution is -2.45. The predicted octanol–water partition coefficient (Wildman–Crippen LogP) is 2.81. The molecule has 114 valence electrons. The zero-order valence-corrected chi connectivity index (χ0v) is 12.5. The molecule has 0 bridgehead atoms. The summed E-state index contributed by atoms with van der Waals surface area (Å²) in [6, 6.07) is 3.47. The molecule has 2 unspecified atom stereocenters. The van der Waals surface area contributed by atoms with Crippen LogP contribution in [0.3, 0.4) is 0 Å². The third-order valence-corrected chi connectivity index (χ3v) is 4.06. The van der Waals surface area contributed by atoms with E-state index in [9.17, 15) is 14.0 Å². The second kappa shape index (κ2) is 6.02. The van der Waals surface area contributed by atoms with Crippen molar-refractivity contribution in [3.63, 3.8) is 0 Å². The first-order valence-corrected chi connectivity index (χ1v) is 7.17. The normalized spacial score (nSPS) is 22.0. The SMILES string of the molecule is CC(C)[C@@H](NC(=O)C1CC1c1c(F)cccc1Cl)C(=O)O. The van der Waals surface area contributed by atoms with Crippen LogP contribution in [0.5, 0.6) is 0 Å². The van der Waals surface area contributed by atoms with Gasteiger partial charge in [0.25, 0.3) is 0 Å². The highest BCUT2D eigenvalue weighted by Crippen LogP contribution is 2.50. The van der Waals surface area contributed by atoms with E-state index < -0.39 is 23.7 Å². The molecule has 1 amide bonds. The molecule has 0 aromatic heterocycles. The van der Waals surface area contributed by atoms with E-state index >= 15 is 0 Å². The van der Waals surface area contributed by atoms with Gasteiger partial charge in [0.2, 0.25) is 5.91 Å². The first-order chi connectivity index (χ1) is 9.82. The summed E-state index contributed by atoms with van der Waals surface area (Å²) >= 11 is 5.98. The fourth-order valence-electron chi connectivity index (χ4n) is 2.44. The van der Waals surface area contributed by atoms with Crippen LogP contribution in [0.1, 0.15) is 31.7 Å². The van der Waals surface area contributed by atoms with Gasteiger partial charge in [-0.25, -0.2) is 9.18 Å². The van der Waals surface area contributed by atoms with Crippen molar-refractivity contribution in [1.29, 1.82) is 0 Å². The minimum Gasteiger partial charge on any atom is -0.480 e. The number of aliphatic carboxylic acids is 1. The standard InChI is InChI=1S/C15H17ClFNO3/c1-7(2)13(15(20)21)18-14(19)9-6-8(9)12-10(16)4-3-5-11(12)17/h3-5,7-9,13H,6H2,1-2H3,(H,18,19)(H,20,21)/t8?,9?,13-/m1/s1. The highest BCUT2D eigenvalue weighted by molar-refractivity contribution is 6.31. The molecule has 2 rings (SSSR count). The zero-order chi connectivity index (χ0) is 15.7. The van der Waals surface area contributed by atoms with Gasteiger partial charge in [-0.1, -0.05) is 31.5 Å². The highest BCUT2D eigenvalue weighted by Gasteiger charge is 2.47. The average Bonchev–Trinajstić information content (AvgIpc) is 3.15. The summed E-state index contributed by atoms with van der Waals surface area (Å²) in [5.74, 6) is -2.78. The van der Waals surface area contributed by atoms with E-state index in [1.54, 1.807) is 19.9 Å². The number of nitrogens with one attached hydrogen (secondary N) is 1. The smallest absolute Gasteiger partial charge is 0.326 e. The Morgan fingerprint density at radius 2 is 2.10 bits per heavy atom. The van der Waals surface area contributed by atoms with E-state index in [-0.39, 0.29) is 17.7 Å². The summed E-state index contributed by atoms with van der Waals surface area (Å²) in [4.78, 5) is 23.2. The zero-order valence-electron chi connectivity index (χ0n) is 11.8. The largest absolute Gasteiger partial charge is 0.480 e. The lowest BCUT2D eigenvalue weighted by Gasteiger charge is -2.18. The minimum absolute atomic E-state index is 0.222. The molecule has 0 heterocycles. The molecule has 1 aromatic carbocycles. The van der Waals surface area contributed by atoms with Crippen LogP contribution in [-0.4, -0.2) is 23.0 Å². The molecule has 1 saturated carbocycles. The van der Waals surface area contributed by atoms with E-state index in [1.807, 2.05) is 0 Å². The Morgan fingerprint density at radius 3 is 2.62 bits per heavy atom. The third-order valence-electron chi connectivity index (χ3n) is 3.73. The Hall–Kier alpha value is -1.62. The van der Waals surface area contributed by atoms with Gasteiger partial charge in [-0.2, -0.15) is 0 Å². The van der Waals surface area contributed by atoms with Crippen molar-refractivity contribution < 1.29 is 19.1 Å². The lowest BCUT2D eigenvalue weighted by molar-refractivity contribution is -0.143. The Labute approximate surface area is 127 Å². The van der Waals surface area contributed by atoms with Gasteiger partial charge in [0.1, 0.15) is 11.9 Å². The van der Waals surface area contributed by atoms with E-state index in [1.165, 1.54) is 12.1 Å². The van der Waals surface area contributed by atoms with Crippen LogP contribution in [0.15, 0.2) is 18.2 Å². The van der Waals surface area contributed by atoms with Gasteiger partial charge in [-0.15, -0.1) is 0 Å². The monoisotopic (exact) mass is 313 g/mol. The van der Waals surface area contributed by atoms with Gasteiger partial charge in [0.15, 0.2) is 0 Å². The number of hydrogen-bond acceptors (Lipinski definition) is 2. The number of carbonyl (C=O) groups is 2. The summed E-state index contributed by atoms with van der Waals surface area (Å²) in [6.45, 7) is 3.44. The highest BCUT2D eigenvalue weighted by atomic mass is 35.5. The van der Waals surface area contributed by atoms with Gasteiger partial charge in [-0.3, -0.25) is 4.79 Å². The van der Waals surface area contributed by atoms with Crippen LogP contribution in [0.4, 0.5) is 4.39 Å². The Balaban J connectivity index is 2.06. The molecular formula is C15H17ClFNO3. The molecule has 1 fully saturated rings. The number of amides is 1. The van der Waals surface area contributed by atoms with Gasteiger partial charge in [0.05, 0.1) is 0 Å². The van der Waals surface area contributed by atoms with Crippen LogP contribution < -0.4 is 5.32 Å². The van der Waals surface area contributed by atoms with Gasteiger partial charge >= 0.3 is 5.97 Å². The fourth-order valence-corrected chi connectivity index (χ4v) is 2.75. The molecule has 0 radical (unpaired) electrons. The summed E-state index contributed by atoms with van der Waals surface area (Å²) in [5, 5.41) is 11.9. The molecule has 0 saturated heterocycles. The number of carboxylic acids is 1. The third kappa shape index (κ3) is 3.35. The molecule has 1 aromatic rings. The van der Waals surface area contributed by atoms with Crippen LogP contribution in [-0.2, 0) is 9.59 Å². The molecule has 1 aliphatic rings. The number of carbonyl (C=O) groups excluding carboxylic acids is 1. The fraction of sp³-hybridized carbons (Fsp3) is 0.467. The van der Waals surface area contributed by atoms with Crippen molar-refractivity contribution in [1.82, 2.24) is 5.32 Å². The van der Waals surface area contributed by atoms with E-state index in [2.05, 4.69) is 5.32 Å². The predicted molar refractivity (Wildman–Crippen MR) is 76.7 cm³/mol. The first kappa shape index (κ1) is 15.8. The topological polar surface area (TPSA) is 66.4 Å². The maximum atomic E-state index is 13.8. The van der Waals surface area contributed by atoms with Crippen molar-refractivity contribution in [2.75, 3.05) is 0 Å². The maximum Gasteiger partial charge on any atom is 0.326 e. The molecule has 0 spiro atoms. The number of hydrogen-bond donors (Lipinski definition) is 2. The Kier molecular flexibility index (Phi) is 4.52. The summed E-state index contributed by atoms with van der Waals surface area (Å²) in [7, 11) is 0. The molecule has 3 atom stereocenters. The van der Waals surface area contributed by atoms with E-state index in [4.69, 9.17) is 16.7 Å². The van der Waals surface area contributed by atoms with Crippen molar-refractivity contribution in [3.05, 3.63) is 34.6 Å². The van der Waals surface area contributed by atoms with Crippen molar-refractivity contribution in [2.24, 2.45) is 11.8 Å². The quantitative estimate of drug-likeness (QED) is 0.878. The van der Waals surface area contributed by atoms with Crippen LogP contribution in [0.25, 0.3) is 0 Å². The summed E-state index contributed by atoms with van der Waals surface area (Å²) in [6.07, 6.45) is 0.483. The maximum absolute atomic E-state index is 13.8. The average molecular weight is 314 g/mol. The lowest BCUT2D eigenvalue weighted by atomic mass is 10.0. The van der Waals surface area contributed by atoms with Crippen molar-refractivity contribution >= 4 is 23.5 Å². The van der Waals surface area contributed by atoms with Crippen LogP contribution >= 0.6 is 11.6 Å². The van der Waals surface area contributed by atoms with Crippen LogP contribution in [0, 0.1) is 17.7 Å². The van der Waals surface area contributed by atoms with Crippen molar-refractivity contribution in [2.45, 2.75) is 32.2 Å². The second-order valence-corrected chi connectivity index (χ2v) is 6.06. The summed E-state index contributed by atoms with van der Waals surface area (Å²) < 4.78 is 13.8. The Morgan fingerprint density at radius 1 is 1.43 bits per heavy atom. The Bertz CT molecular complexity index is 556. The second-order valence-electron chi connectivity index (χ2n) is 5.65. The molecule has 2 N–H and O–H groups in total. The van der Waals surface area contributed by atoms with Gasteiger partial charge < -0.3 is 10.4 Å². The first-order valence-electron chi connectivity index (χ1n) is 6.80. The number of halogens is 2. The molecule has 0 aliphatic heterocycles. The molecular weight excluding hydrogens is 297 g/mol. The van der Waals surface area contributed by atoms with Gasteiger partial charge in [0, 0.05) is 22.4 Å². The van der Waals surface area contributed by atoms with Gasteiger partial charge in [-0.05, 0) is 24.5 Å². The van der Waals surface area contributed by atoms with Crippen molar-refractivity contribution in [3.8, 4) is 0 Å². The molecule has 4 nitrogen and oxygen atoms in total. The molecule has 6 heteroatoms. The molecule has 21 heavy (non-hydrogen) atoms. The van der Waals surface area contributed by atoms with E-state index in [0.29, 0.717) is 17.0 Å². The molecule has 1 aliphatic carbocycles. The number of carboxylic acid groups (broad SMARTS) is 1. The number of benzene rings is 1. The van der Waals surface area contributed by atoms with E-state index in [0.717, 1.165) is 0 Å². The minimum atomic E-state index is -1.07.